The number of hydrogen-bond donors (Lipinski definition) is 6. The SMILES string of the molecule is O=C(Nc1cccc(-c2nc(NC(P(=O)(O)O)P(=O)(O)O)c3ccsc3n2)c1)c1ccccc1. The minimum atomic E-state index is -5.24. The van der Waals surface area contributed by atoms with Crippen LogP contribution in [-0.2, 0) is 9.13 Å². The fraction of sp³-hybridized carbons (Fsp3) is 0.0500. The Bertz CT molecular complexity index is 1430. The van der Waals surface area contributed by atoms with Crippen LogP contribution in [-0.4, -0.2) is 41.0 Å². The number of nitrogens with zero attached hydrogens (tertiary/aromatic N) is 2. The molecule has 176 valence electrons. The molecule has 0 fully saturated rings. The highest BCUT2D eigenvalue weighted by Crippen LogP contribution is 2.59. The molecule has 0 bridgehead atoms. The van der Waals surface area contributed by atoms with E-state index in [1.807, 2.05) is 0 Å². The Morgan fingerprint density at radius 1 is 0.912 bits per heavy atom. The van der Waals surface area contributed by atoms with Crippen molar-refractivity contribution in [2.75, 3.05) is 10.6 Å². The number of rotatable bonds is 7. The normalized spacial score (nSPS) is 12.1. The van der Waals surface area contributed by atoms with Crippen molar-refractivity contribution in [3.63, 3.8) is 0 Å². The van der Waals surface area contributed by atoms with Crippen LogP contribution in [0.3, 0.4) is 0 Å². The lowest BCUT2D eigenvalue weighted by molar-refractivity contribution is 0.102. The van der Waals surface area contributed by atoms with Gasteiger partial charge in [-0.3, -0.25) is 13.9 Å². The van der Waals surface area contributed by atoms with Gasteiger partial charge in [-0.15, -0.1) is 11.3 Å². The summed E-state index contributed by atoms with van der Waals surface area (Å²) in [6.45, 7) is 0. The Labute approximate surface area is 196 Å². The maximum absolute atomic E-state index is 12.5. The number of carbonyl (C=O) groups excluding carboxylic acids is 1. The molecule has 1 amide bonds. The third-order valence-corrected chi connectivity index (χ3v) is 8.79. The Kier molecular flexibility index (Phi) is 6.66. The van der Waals surface area contributed by atoms with E-state index in [0.717, 1.165) is 0 Å². The summed E-state index contributed by atoms with van der Waals surface area (Å²) in [6.07, 6.45) is 0. The average molecular weight is 520 g/mol. The van der Waals surface area contributed by atoms with Gasteiger partial charge in [0.2, 0.25) is 5.52 Å². The van der Waals surface area contributed by atoms with Crippen LogP contribution in [0.5, 0.6) is 0 Å². The van der Waals surface area contributed by atoms with Crippen molar-refractivity contribution in [3.8, 4) is 11.4 Å². The third-order valence-electron chi connectivity index (χ3n) is 4.64. The Morgan fingerprint density at radius 2 is 1.62 bits per heavy atom. The summed E-state index contributed by atoms with van der Waals surface area (Å²) in [4.78, 5) is 59.5. The molecule has 2 aromatic carbocycles. The highest BCUT2D eigenvalue weighted by atomic mass is 32.1. The molecule has 0 radical (unpaired) electrons. The molecule has 14 heteroatoms. The zero-order chi connectivity index (χ0) is 24.5. The highest BCUT2D eigenvalue weighted by Gasteiger charge is 2.44. The monoisotopic (exact) mass is 520 g/mol. The number of anilines is 2. The number of aromatic nitrogens is 2. The number of amides is 1. The number of nitrogens with one attached hydrogen (secondary N) is 2. The maximum atomic E-state index is 12.5. The van der Waals surface area contributed by atoms with Gasteiger partial charge in [-0.1, -0.05) is 30.3 Å². The van der Waals surface area contributed by atoms with Crippen LogP contribution in [0.15, 0.2) is 66.0 Å². The maximum Gasteiger partial charge on any atom is 0.360 e. The van der Waals surface area contributed by atoms with Crippen molar-refractivity contribution in [1.82, 2.24) is 9.97 Å². The van der Waals surface area contributed by atoms with Gasteiger partial charge in [0.1, 0.15) is 10.6 Å². The second-order valence-electron chi connectivity index (χ2n) is 7.13. The van der Waals surface area contributed by atoms with E-state index in [2.05, 4.69) is 20.6 Å². The molecule has 2 heterocycles. The van der Waals surface area contributed by atoms with E-state index in [4.69, 9.17) is 0 Å². The van der Waals surface area contributed by atoms with E-state index in [0.29, 0.717) is 27.0 Å². The van der Waals surface area contributed by atoms with Crippen LogP contribution in [0.2, 0.25) is 0 Å². The smallest absolute Gasteiger partial charge is 0.346 e. The largest absolute Gasteiger partial charge is 0.360 e. The molecule has 0 unspecified atom stereocenters. The summed E-state index contributed by atoms with van der Waals surface area (Å²) in [5.41, 5.74) is -1.08. The summed E-state index contributed by atoms with van der Waals surface area (Å²) in [7, 11) is -10.5. The summed E-state index contributed by atoms with van der Waals surface area (Å²) in [6, 6.07) is 16.8. The first kappa shape index (κ1) is 24.2. The zero-order valence-corrected chi connectivity index (χ0v) is 19.7. The van der Waals surface area contributed by atoms with Gasteiger partial charge in [0.05, 0.1) is 5.39 Å². The van der Waals surface area contributed by atoms with E-state index in [-0.39, 0.29) is 17.5 Å². The molecule has 6 N–H and O–H groups in total. The molecular weight excluding hydrogens is 502 g/mol. The lowest BCUT2D eigenvalue weighted by Crippen LogP contribution is -2.21. The fourth-order valence-corrected chi connectivity index (χ4v) is 6.02. The molecule has 4 aromatic rings. The van der Waals surface area contributed by atoms with Crippen molar-refractivity contribution < 1.29 is 33.5 Å². The Balaban J connectivity index is 1.71. The summed E-state index contributed by atoms with van der Waals surface area (Å²) in [5.74, 6) is -0.332. The third kappa shape index (κ3) is 5.40. The topological polar surface area (TPSA) is 182 Å². The van der Waals surface area contributed by atoms with Gasteiger partial charge in [0.15, 0.2) is 5.82 Å². The van der Waals surface area contributed by atoms with Gasteiger partial charge < -0.3 is 30.2 Å². The predicted octanol–water partition coefficient (Wildman–Crippen LogP) is 3.66. The minimum absolute atomic E-state index is 0.128. The van der Waals surface area contributed by atoms with Crippen molar-refractivity contribution in [2.45, 2.75) is 5.52 Å². The first-order valence-corrected chi connectivity index (χ1v) is 13.9. The van der Waals surface area contributed by atoms with Gasteiger partial charge >= 0.3 is 15.2 Å². The second-order valence-corrected chi connectivity index (χ2v) is 11.8. The molecule has 34 heavy (non-hydrogen) atoms. The quantitative estimate of drug-likeness (QED) is 0.197. The van der Waals surface area contributed by atoms with Crippen LogP contribution >= 0.6 is 26.5 Å². The molecule has 0 aliphatic rings. The number of benzene rings is 2. The standard InChI is InChI=1S/C20H18N4O7P2S/c25-18(12-5-2-1-3-6-12)21-14-8-4-7-13(11-14)16-22-17(15-9-10-34-19(15)23-16)24-20(32(26,27)28)33(29,30)31/h1-11,20H,(H,21,25)(H,22,23,24)(H2,26,27,28)(H2,29,30,31). The average Bonchev–Trinajstić information content (AvgIpc) is 3.25. The van der Waals surface area contributed by atoms with Crippen LogP contribution < -0.4 is 10.6 Å². The zero-order valence-electron chi connectivity index (χ0n) is 17.1. The number of thiophene rings is 1. The van der Waals surface area contributed by atoms with Gasteiger partial charge in [-0.25, -0.2) is 9.97 Å². The van der Waals surface area contributed by atoms with Crippen LogP contribution in [0, 0.1) is 0 Å². The van der Waals surface area contributed by atoms with Crippen molar-refractivity contribution in [3.05, 3.63) is 71.6 Å². The van der Waals surface area contributed by atoms with Crippen LogP contribution in [0.25, 0.3) is 21.6 Å². The molecular formula is C20H18N4O7P2S. The van der Waals surface area contributed by atoms with Crippen LogP contribution in [0.4, 0.5) is 11.5 Å². The van der Waals surface area contributed by atoms with Gasteiger partial charge in [0, 0.05) is 16.8 Å². The molecule has 11 nitrogen and oxygen atoms in total. The molecule has 4 rings (SSSR count). The Morgan fingerprint density at radius 3 is 2.29 bits per heavy atom. The van der Waals surface area contributed by atoms with Gasteiger partial charge in [0.25, 0.3) is 5.91 Å². The molecule has 0 aliphatic carbocycles. The lowest BCUT2D eigenvalue weighted by Gasteiger charge is -2.21. The number of fused-ring (bicyclic) bond motifs is 1. The molecule has 0 spiro atoms. The summed E-state index contributed by atoms with van der Waals surface area (Å²) < 4.78 is 23.5. The first-order chi connectivity index (χ1) is 16.0. The van der Waals surface area contributed by atoms with E-state index in [1.54, 1.807) is 66.0 Å². The minimum Gasteiger partial charge on any atom is -0.346 e. The summed E-state index contributed by atoms with van der Waals surface area (Å²) in [5, 5.41) is 7.00. The number of hydrogen-bond acceptors (Lipinski definition) is 7. The second kappa shape index (κ2) is 9.36. The first-order valence-electron chi connectivity index (χ1n) is 9.61. The number of carbonyl (C=O) groups is 1. The molecule has 0 aliphatic heterocycles. The van der Waals surface area contributed by atoms with Crippen molar-refractivity contribution in [1.29, 1.82) is 0 Å². The van der Waals surface area contributed by atoms with Crippen LogP contribution in [0.1, 0.15) is 10.4 Å². The molecule has 0 saturated carbocycles. The molecule has 2 aromatic heterocycles. The fourth-order valence-electron chi connectivity index (χ4n) is 3.11. The van der Waals surface area contributed by atoms with E-state index in [9.17, 15) is 33.5 Å². The van der Waals surface area contributed by atoms with E-state index >= 15 is 0 Å². The van der Waals surface area contributed by atoms with Gasteiger partial charge in [-0.2, -0.15) is 0 Å². The molecule has 0 saturated heterocycles. The van der Waals surface area contributed by atoms with E-state index < -0.39 is 20.7 Å². The Hall–Kier alpha value is -2.95. The van der Waals surface area contributed by atoms with Crippen molar-refractivity contribution >= 4 is 54.2 Å². The predicted molar refractivity (Wildman–Crippen MR) is 129 cm³/mol. The highest BCUT2D eigenvalue weighted by molar-refractivity contribution is 7.71. The summed E-state index contributed by atoms with van der Waals surface area (Å²) >= 11 is 1.22. The van der Waals surface area contributed by atoms with Crippen molar-refractivity contribution in [2.24, 2.45) is 0 Å². The van der Waals surface area contributed by atoms with E-state index in [1.165, 1.54) is 11.3 Å². The molecule has 0 atom stereocenters. The lowest BCUT2D eigenvalue weighted by atomic mass is 10.1. The van der Waals surface area contributed by atoms with Gasteiger partial charge in [-0.05, 0) is 35.7 Å².